The fourth-order valence-corrected chi connectivity index (χ4v) is 1.57. The van der Waals surface area contributed by atoms with Crippen LogP contribution in [0.15, 0.2) is 0 Å². The Kier molecular flexibility index (Phi) is 6.52. The lowest BCUT2D eigenvalue weighted by Crippen LogP contribution is -2.33. The number of rotatable bonds is 7. The number of aliphatic carboxylic acids is 1. The second-order valence-electron chi connectivity index (χ2n) is 4.80. The Balaban J connectivity index is 4.28. The predicted molar refractivity (Wildman–Crippen MR) is 58.5 cm³/mol. The number of halogens is 3. The summed E-state index contributed by atoms with van der Waals surface area (Å²) in [6.07, 6.45) is -4.47. The first kappa shape index (κ1) is 16.2. The Morgan fingerprint density at radius 1 is 1.29 bits per heavy atom. The highest BCUT2D eigenvalue weighted by Crippen LogP contribution is 2.32. The van der Waals surface area contributed by atoms with Crippen LogP contribution in [0.3, 0.4) is 0 Å². The van der Waals surface area contributed by atoms with Gasteiger partial charge in [0.1, 0.15) is 0 Å². The Bertz CT molecular complexity index is 241. The van der Waals surface area contributed by atoms with Gasteiger partial charge >= 0.3 is 12.1 Å². The lowest BCUT2D eigenvalue weighted by molar-refractivity contribution is -0.185. The van der Waals surface area contributed by atoms with Crippen LogP contribution in [0.5, 0.6) is 0 Å². The van der Waals surface area contributed by atoms with Crippen molar-refractivity contribution < 1.29 is 23.1 Å². The Morgan fingerprint density at radius 2 is 1.82 bits per heavy atom. The summed E-state index contributed by atoms with van der Waals surface area (Å²) in [7, 11) is 0. The van der Waals surface area contributed by atoms with E-state index in [0.717, 1.165) is 6.42 Å². The third-order valence-electron chi connectivity index (χ3n) is 2.59. The molecule has 0 aliphatic heterocycles. The van der Waals surface area contributed by atoms with Gasteiger partial charge in [-0.25, -0.2) is 0 Å². The summed E-state index contributed by atoms with van der Waals surface area (Å²) >= 11 is 0. The van der Waals surface area contributed by atoms with Crippen molar-refractivity contribution in [1.29, 1.82) is 0 Å². The standard InChI is InChI=1S/C11H20F3NO2/c1-7(2)3-4-9(15)5-8(6-10(16)17)11(12,13)14/h7-9H,3-6,15H2,1-2H3,(H,16,17)/t8-,9-/m0/s1. The normalized spacial score (nSPS) is 15.9. The molecule has 0 unspecified atom stereocenters. The maximum Gasteiger partial charge on any atom is 0.392 e. The maximum atomic E-state index is 12.5. The van der Waals surface area contributed by atoms with E-state index in [1.54, 1.807) is 0 Å². The van der Waals surface area contributed by atoms with E-state index >= 15 is 0 Å². The number of carboxylic acids is 1. The number of alkyl halides is 3. The molecule has 0 rings (SSSR count). The minimum Gasteiger partial charge on any atom is -0.481 e. The van der Waals surface area contributed by atoms with E-state index in [2.05, 4.69) is 0 Å². The molecule has 0 amide bonds. The molecule has 0 fully saturated rings. The Hall–Kier alpha value is -0.780. The summed E-state index contributed by atoms with van der Waals surface area (Å²) in [5.74, 6) is -2.91. The molecule has 3 N–H and O–H groups in total. The third kappa shape index (κ3) is 8.01. The van der Waals surface area contributed by atoms with Crippen LogP contribution in [-0.2, 0) is 4.79 Å². The van der Waals surface area contributed by atoms with E-state index in [0.29, 0.717) is 12.3 Å². The van der Waals surface area contributed by atoms with Gasteiger partial charge in [0.15, 0.2) is 0 Å². The second kappa shape index (κ2) is 6.83. The monoisotopic (exact) mass is 255 g/mol. The van der Waals surface area contributed by atoms with Crippen molar-refractivity contribution in [3.05, 3.63) is 0 Å². The summed E-state index contributed by atoms with van der Waals surface area (Å²) < 4.78 is 37.6. The third-order valence-corrected chi connectivity index (χ3v) is 2.59. The first-order valence-electron chi connectivity index (χ1n) is 5.67. The fourth-order valence-electron chi connectivity index (χ4n) is 1.57. The highest BCUT2D eigenvalue weighted by atomic mass is 19.4. The van der Waals surface area contributed by atoms with Crippen LogP contribution in [0, 0.1) is 11.8 Å². The lowest BCUT2D eigenvalue weighted by Gasteiger charge is -2.22. The molecule has 0 saturated carbocycles. The molecule has 0 bridgehead atoms. The van der Waals surface area contributed by atoms with Gasteiger partial charge in [-0.1, -0.05) is 13.8 Å². The highest BCUT2D eigenvalue weighted by Gasteiger charge is 2.41. The molecule has 0 radical (unpaired) electrons. The average Bonchev–Trinajstić information content (AvgIpc) is 2.11. The van der Waals surface area contributed by atoms with E-state index in [9.17, 15) is 18.0 Å². The number of nitrogens with two attached hydrogens (primary N) is 1. The van der Waals surface area contributed by atoms with E-state index in [4.69, 9.17) is 10.8 Å². The maximum absolute atomic E-state index is 12.5. The zero-order chi connectivity index (χ0) is 13.6. The van der Waals surface area contributed by atoms with E-state index in [1.807, 2.05) is 13.8 Å². The molecule has 0 aliphatic rings. The average molecular weight is 255 g/mol. The zero-order valence-corrected chi connectivity index (χ0v) is 10.1. The highest BCUT2D eigenvalue weighted by molar-refractivity contribution is 5.67. The topological polar surface area (TPSA) is 63.3 Å². The second-order valence-corrected chi connectivity index (χ2v) is 4.80. The molecular weight excluding hydrogens is 235 g/mol. The molecule has 0 aromatic heterocycles. The Morgan fingerprint density at radius 3 is 2.18 bits per heavy atom. The van der Waals surface area contributed by atoms with Crippen LogP contribution >= 0.6 is 0 Å². The number of carbonyl (C=O) groups is 1. The SMILES string of the molecule is CC(C)CC[C@H](N)C[C@@H](CC(=O)O)C(F)(F)F. The van der Waals surface area contributed by atoms with Gasteiger partial charge in [-0.15, -0.1) is 0 Å². The van der Waals surface area contributed by atoms with Crippen molar-refractivity contribution in [2.24, 2.45) is 17.6 Å². The molecule has 0 aromatic rings. The van der Waals surface area contributed by atoms with Crippen LogP contribution in [0.1, 0.15) is 39.5 Å². The fraction of sp³-hybridized carbons (Fsp3) is 0.909. The van der Waals surface area contributed by atoms with E-state index < -0.39 is 30.5 Å². The molecule has 0 aromatic carbocycles. The van der Waals surface area contributed by atoms with Gasteiger partial charge < -0.3 is 10.8 Å². The van der Waals surface area contributed by atoms with Gasteiger partial charge in [0.25, 0.3) is 0 Å². The van der Waals surface area contributed by atoms with Gasteiger partial charge in [-0.3, -0.25) is 4.79 Å². The van der Waals surface area contributed by atoms with E-state index in [1.165, 1.54) is 0 Å². The zero-order valence-electron chi connectivity index (χ0n) is 10.1. The molecule has 2 atom stereocenters. The van der Waals surface area contributed by atoms with Crippen LogP contribution in [0.2, 0.25) is 0 Å². The predicted octanol–water partition coefficient (Wildman–Crippen LogP) is 2.79. The van der Waals surface area contributed by atoms with Gasteiger partial charge in [-0.2, -0.15) is 13.2 Å². The largest absolute Gasteiger partial charge is 0.481 e. The molecule has 102 valence electrons. The lowest BCUT2D eigenvalue weighted by atomic mass is 9.92. The Labute approximate surface area is 99.2 Å². The van der Waals surface area contributed by atoms with Crippen LogP contribution in [0.4, 0.5) is 13.2 Å². The summed E-state index contributed by atoms with van der Waals surface area (Å²) in [4.78, 5) is 10.4. The molecule has 3 nitrogen and oxygen atoms in total. The summed E-state index contributed by atoms with van der Waals surface area (Å²) in [6, 6.07) is -0.594. The van der Waals surface area contributed by atoms with Crippen molar-refractivity contribution in [3.8, 4) is 0 Å². The molecular formula is C11H20F3NO2. The van der Waals surface area contributed by atoms with Crippen molar-refractivity contribution in [3.63, 3.8) is 0 Å². The summed E-state index contributed by atoms with van der Waals surface area (Å²) in [6.45, 7) is 3.93. The minimum absolute atomic E-state index is 0.317. The quantitative estimate of drug-likeness (QED) is 0.735. The molecule has 0 aliphatic carbocycles. The van der Waals surface area contributed by atoms with Crippen molar-refractivity contribution in [1.82, 2.24) is 0 Å². The first-order valence-corrected chi connectivity index (χ1v) is 5.67. The van der Waals surface area contributed by atoms with Crippen LogP contribution in [0.25, 0.3) is 0 Å². The summed E-state index contributed by atoms with van der Waals surface area (Å²) in [5, 5.41) is 8.44. The van der Waals surface area contributed by atoms with Crippen LogP contribution in [-0.4, -0.2) is 23.3 Å². The van der Waals surface area contributed by atoms with Gasteiger partial charge in [0.2, 0.25) is 0 Å². The van der Waals surface area contributed by atoms with Crippen molar-refractivity contribution in [2.45, 2.75) is 51.7 Å². The number of hydrogen-bond acceptors (Lipinski definition) is 2. The summed E-state index contributed by atoms with van der Waals surface area (Å²) in [5.41, 5.74) is 5.60. The van der Waals surface area contributed by atoms with Gasteiger partial charge in [0.05, 0.1) is 12.3 Å². The minimum atomic E-state index is -4.49. The smallest absolute Gasteiger partial charge is 0.392 e. The molecule has 17 heavy (non-hydrogen) atoms. The first-order chi connectivity index (χ1) is 7.62. The van der Waals surface area contributed by atoms with Crippen LogP contribution < -0.4 is 5.73 Å². The number of hydrogen-bond donors (Lipinski definition) is 2. The van der Waals surface area contributed by atoms with E-state index in [-0.39, 0.29) is 6.42 Å². The van der Waals surface area contributed by atoms with Gasteiger partial charge in [0, 0.05) is 6.04 Å². The molecule has 0 spiro atoms. The number of carboxylic acid groups (broad SMARTS) is 1. The van der Waals surface area contributed by atoms with Crippen molar-refractivity contribution in [2.75, 3.05) is 0 Å². The van der Waals surface area contributed by atoms with Gasteiger partial charge in [-0.05, 0) is 25.2 Å². The van der Waals surface area contributed by atoms with Crippen molar-refractivity contribution >= 4 is 5.97 Å². The molecule has 0 heterocycles. The molecule has 6 heteroatoms. The molecule has 0 saturated heterocycles.